The highest BCUT2D eigenvalue weighted by atomic mass is 79.9. The number of rotatable bonds is 7. The minimum atomic E-state index is -0.764. The number of nitrogens with zero attached hydrogens (tertiary/aromatic N) is 2. The summed E-state index contributed by atoms with van der Waals surface area (Å²) in [5.74, 6) is -0.727. The van der Waals surface area contributed by atoms with Crippen LogP contribution in [0.2, 0.25) is 0 Å². The minimum Gasteiger partial charge on any atom is -0.488 e. The fraction of sp³-hybridized carbons (Fsp3) is 0.167. The Morgan fingerprint density at radius 2 is 1.32 bits per heavy atom. The molecule has 50 heavy (non-hydrogen) atoms. The van der Waals surface area contributed by atoms with E-state index in [2.05, 4.69) is 74.7 Å². The number of para-hydroxylation sites is 1. The molecule has 0 spiro atoms. The summed E-state index contributed by atoms with van der Waals surface area (Å²) in [6, 6.07) is 39.1. The SMILES string of the molecule is O=C1NC(=O)N(c2cc3c4c(c2)[C@H](c2ccccc2)CCN4CC[C@H]3c2ccccc2)C(=O)/C1=C/c1ccccc1OCc1ccc(Br)cc1. The van der Waals surface area contributed by atoms with E-state index in [-0.39, 0.29) is 17.4 Å². The summed E-state index contributed by atoms with van der Waals surface area (Å²) in [5.41, 5.74) is 7.58. The Kier molecular flexibility index (Phi) is 8.54. The van der Waals surface area contributed by atoms with Crippen molar-refractivity contribution in [1.82, 2.24) is 5.32 Å². The first-order valence-electron chi connectivity index (χ1n) is 16.8. The number of carbonyl (C=O) groups is 3. The predicted octanol–water partition coefficient (Wildman–Crippen LogP) is 8.57. The molecule has 1 fully saturated rings. The van der Waals surface area contributed by atoms with Gasteiger partial charge in [-0.15, -0.1) is 0 Å². The minimum absolute atomic E-state index is 0.0880. The Morgan fingerprint density at radius 3 is 1.94 bits per heavy atom. The summed E-state index contributed by atoms with van der Waals surface area (Å²) < 4.78 is 7.11. The van der Waals surface area contributed by atoms with E-state index in [0.717, 1.165) is 52.0 Å². The molecule has 3 aliphatic rings. The molecule has 7 nitrogen and oxygen atoms in total. The molecular formula is C42H34BrN3O4. The van der Waals surface area contributed by atoms with Gasteiger partial charge in [0.05, 0.1) is 5.69 Å². The van der Waals surface area contributed by atoms with Crippen LogP contribution in [0.25, 0.3) is 6.08 Å². The molecule has 4 amide bonds. The monoisotopic (exact) mass is 723 g/mol. The molecule has 5 aromatic carbocycles. The third-order valence-corrected chi connectivity index (χ3v) is 10.4. The molecule has 0 bridgehead atoms. The van der Waals surface area contributed by atoms with Gasteiger partial charge in [0.1, 0.15) is 17.9 Å². The van der Waals surface area contributed by atoms with Gasteiger partial charge in [-0.05, 0) is 77.1 Å². The van der Waals surface area contributed by atoms with E-state index in [1.807, 2.05) is 60.7 Å². The van der Waals surface area contributed by atoms with Gasteiger partial charge in [-0.1, -0.05) is 107 Å². The largest absolute Gasteiger partial charge is 0.488 e. The Hall–Kier alpha value is -5.47. The Bertz CT molecular complexity index is 2060. The third kappa shape index (κ3) is 6.00. The van der Waals surface area contributed by atoms with Gasteiger partial charge in [-0.2, -0.15) is 0 Å². The van der Waals surface area contributed by atoms with Crippen LogP contribution >= 0.6 is 15.9 Å². The lowest BCUT2D eigenvalue weighted by Crippen LogP contribution is -2.54. The molecule has 8 rings (SSSR count). The zero-order chi connectivity index (χ0) is 34.2. The van der Waals surface area contributed by atoms with Crippen molar-refractivity contribution in [2.45, 2.75) is 31.3 Å². The van der Waals surface area contributed by atoms with Crippen molar-refractivity contribution in [3.63, 3.8) is 0 Å². The first kappa shape index (κ1) is 31.8. The number of imide groups is 2. The molecule has 0 radical (unpaired) electrons. The van der Waals surface area contributed by atoms with Crippen molar-refractivity contribution < 1.29 is 19.1 Å². The van der Waals surface area contributed by atoms with Crippen LogP contribution in [0.5, 0.6) is 5.75 Å². The Morgan fingerprint density at radius 1 is 0.740 bits per heavy atom. The van der Waals surface area contributed by atoms with Crippen molar-refractivity contribution >= 4 is 51.2 Å². The second kappa shape index (κ2) is 13.4. The van der Waals surface area contributed by atoms with Crippen LogP contribution in [0, 0.1) is 0 Å². The van der Waals surface area contributed by atoms with E-state index in [4.69, 9.17) is 4.74 Å². The molecule has 5 aromatic rings. The van der Waals surface area contributed by atoms with Gasteiger partial charge in [0.2, 0.25) is 0 Å². The summed E-state index contributed by atoms with van der Waals surface area (Å²) in [5, 5.41) is 2.44. The standard InChI is InChI=1S/C42H34BrN3O4/c43-31-17-15-27(16-18-31)26-50-38-14-8-7-13-30(38)23-37-40(47)44-42(49)46(41(37)48)32-24-35-33(28-9-3-1-4-10-28)19-21-45-22-20-34(36(25-32)39(35)45)29-11-5-2-6-12-29/h1-18,23-25,33-34H,19-22,26H2,(H,44,47,49)/b37-23+/t33-,34-/m0/s1. The van der Waals surface area contributed by atoms with Crippen molar-refractivity contribution in [1.29, 1.82) is 0 Å². The van der Waals surface area contributed by atoms with Crippen LogP contribution in [0.1, 0.15) is 58.1 Å². The number of amides is 4. The van der Waals surface area contributed by atoms with Gasteiger partial charge < -0.3 is 9.64 Å². The number of urea groups is 1. The van der Waals surface area contributed by atoms with E-state index in [1.165, 1.54) is 22.9 Å². The van der Waals surface area contributed by atoms with Gasteiger partial charge in [0.25, 0.3) is 11.8 Å². The zero-order valence-electron chi connectivity index (χ0n) is 27.2. The fourth-order valence-corrected chi connectivity index (χ4v) is 7.75. The van der Waals surface area contributed by atoms with E-state index in [1.54, 1.807) is 12.1 Å². The number of nitrogens with one attached hydrogen (secondary N) is 1. The molecule has 248 valence electrons. The van der Waals surface area contributed by atoms with Crippen LogP contribution in [0.15, 0.2) is 131 Å². The maximum Gasteiger partial charge on any atom is 0.335 e. The lowest BCUT2D eigenvalue weighted by atomic mass is 9.76. The van der Waals surface area contributed by atoms with Crippen LogP contribution in [-0.2, 0) is 16.2 Å². The van der Waals surface area contributed by atoms with Crippen LogP contribution in [-0.4, -0.2) is 30.9 Å². The Labute approximate surface area is 299 Å². The second-order valence-electron chi connectivity index (χ2n) is 12.9. The fourth-order valence-electron chi connectivity index (χ4n) is 7.49. The van der Waals surface area contributed by atoms with E-state index in [9.17, 15) is 14.4 Å². The number of barbiturate groups is 1. The first-order valence-corrected chi connectivity index (χ1v) is 17.6. The predicted molar refractivity (Wildman–Crippen MR) is 198 cm³/mol. The maximum atomic E-state index is 14.3. The molecule has 3 aliphatic heterocycles. The third-order valence-electron chi connectivity index (χ3n) is 9.89. The first-order chi connectivity index (χ1) is 24.4. The summed E-state index contributed by atoms with van der Waals surface area (Å²) >= 11 is 3.46. The average molecular weight is 725 g/mol. The average Bonchev–Trinajstić information content (AvgIpc) is 3.14. The highest BCUT2D eigenvalue weighted by molar-refractivity contribution is 9.10. The molecule has 0 aromatic heterocycles. The second-order valence-corrected chi connectivity index (χ2v) is 13.8. The van der Waals surface area contributed by atoms with Crippen LogP contribution < -0.4 is 19.9 Å². The summed E-state index contributed by atoms with van der Waals surface area (Å²) in [6.45, 7) is 2.15. The quantitative estimate of drug-likeness (QED) is 0.135. The van der Waals surface area contributed by atoms with Gasteiger partial charge in [-0.3, -0.25) is 14.9 Å². The van der Waals surface area contributed by atoms with E-state index in [0.29, 0.717) is 23.6 Å². The van der Waals surface area contributed by atoms with Crippen LogP contribution in [0.3, 0.4) is 0 Å². The Balaban J connectivity index is 1.20. The normalized spacial score (nSPS) is 19.3. The number of hydrogen-bond acceptors (Lipinski definition) is 5. The van der Waals surface area contributed by atoms with Crippen molar-refractivity contribution in [3.05, 3.63) is 165 Å². The highest BCUT2D eigenvalue weighted by Crippen LogP contribution is 2.50. The number of carbonyl (C=O) groups excluding carboxylic acids is 3. The smallest absolute Gasteiger partial charge is 0.335 e. The van der Waals surface area contributed by atoms with Gasteiger partial charge in [-0.25, -0.2) is 9.69 Å². The molecule has 0 unspecified atom stereocenters. The maximum absolute atomic E-state index is 14.3. The van der Waals surface area contributed by atoms with Gasteiger partial charge in [0.15, 0.2) is 0 Å². The summed E-state index contributed by atoms with van der Waals surface area (Å²) in [6.07, 6.45) is 3.34. The van der Waals surface area contributed by atoms with Gasteiger partial charge in [0, 0.05) is 40.6 Å². The molecule has 8 heteroatoms. The van der Waals surface area contributed by atoms with Crippen molar-refractivity contribution in [3.8, 4) is 5.75 Å². The summed E-state index contributed by atoms with van der Waals surface area (Å²) in [7, 11) is 0. The number of hydrogen-bond donors (Lipinski definition) is 1. The topological polar surface area (TPSA) is 79.0 Å². The summed E-state index contributed by atoms with van der Waals surface area (Å²) in [4.78, 5) is 44.8. The van der Waals surface area contributed by atoms with E-state index < -0.39 is 17.8 Å². The van der Waals surface area contributed by atoms with E-state index >= 15 is 0 Å². The van der Waals surface area contributed by atoms with Crippen molar-refractivity contribution in [2.24, 2.45) is 0 Å². The molecular weight excluding hydrogens is 690 g/mol. The number of ether oxygens (including phenoxy) is 1. The molecule has 0 saturated carbocycles. The number of anilines is 2. The molecule has 1 N–H and O–H groups in total. The lowest BCUT2D eigenvalue weighted by molar-refractivity contribution is -0.122. The lowest BCUT2D eigenvalue weighted by Gasteiger charge is -2.44. The zero-order valence-corrected chi connectivity index (χ0v) is 28.8. The molecule has 0 aliphatic carbocycles. The molecule has 3 heterocycles. The molecule has 1 saturated heterocycles. The van der Waals surface area contributed by atoms with Crippen molar-refractivity contribution in [2.75, 3.05) is 22.9 Å². The number of halogens is 1. The van der Waals surface area contributed by atoms with Crippen LogP contribution in [0.4, 0.5) is 16.2 Å². The highest BCUT2D eigenvalue weighted by Gasteiger charge is 2.40. The number of benzene rings is 5. The molecule has 2 atom stereocenters. The van der Waals surface area contributed by atoms with Gasteiger partial charge >= 0.3 is 6.03 Å².